The highest BCUT2D eigenvalue weighted by molar-refractivity contribution is 5.94. The Kier molecular flexibility index (Phi) is 2.99. The van der Waals surface area contributed by atoms with Crippen molar-refractivity contribution in [3.05, 3.63) is 17.5 Å². The Hall–Kier alpha value is -1.16. The van der Waals surface area contributed by atoms with E-state index in [1.54, 1.807) is 6.07 Å². The third-order valence-electron chi connectivity index (χ3n) is 1.60. The van der Waals surface area contributed by atoms with Gasteiger partial charge in [-0.25, -0.2) is 0 Å². The predicted molar refractivity (Wildman–Crippen MR) is 45.9 cm³/mol. The maximum atomic E-state index is 11.3. The number of ketones is 1. The molecule has 0 fully saturated rings. The molecule has 1 aromatic rings. The standard InChI is InChI=1S/C8H13N3O/c1-6-5-7(11-10-6)8(12)3-2-4-9/h5H,2-4,9H2,1H3,(H,10,11). The van der Waals surface area contributed by atoms with Gasteiger partial charge in [-0.05, 0) is 26.0 Å². The normalized spacial score (nSPS) is 10.2. The first-order valence-electron chi connectivity index (χ1n) is 3.99. The molecule has 4 heteroatoms. The summed E-state index contributed by atoms with van der Waals surface area (Å²) >= 11 is 0. The minimum atomic E-state index is 0.0600. The Morgan fingerprint density at radius 2 is 2.50 bits per heavy atom. The molecule has 0 aliphatic carbocycles. The molecule has 1 rings (SSSR count). The molecule has 0 saturated heterocycles. The molecule has 12 heavy (non-hydrogen) atoms. The smallest absolute Gasteiger partial charge is 0.183 e. The number of rotatable bonds is 4. The molecule has 0 aromatic carbocycles. The second-order valence-electron chi connectivity index (χ2n) is 2.75. The molecule has 0 spiro atoms. The largest absolute Gasteiger partial charge is 0.330 e. The second kappa shape index (κ2) is 4.01. The monoisotopic (exact) mass is 167 g/mol. The number of nitrogens with zero attached hydrogens (tertiary/aromatic N) is 1. The lowest BCUT2D eigenvalue weighted by molar-refractivity contribution is 0.0976. The van der Waals surface area contributed by atoms with E-state index in [2.05, 4.69) is 10.2 Å². The van der Waals surface area contributed by atoms with Crippen molar-refractivity contribution in [2.75, 3.05) is 6.54 Å². The lowest BCUT2D eigenvalue weighted by atomic mass is 10.1. The van der Waals surface area contributed by atoms with Gasteiger partial charge in [0.25, 0.3) is 0 Å². The summed E-state index contributed by atoms with van der Waals surface area (Å²) in [6.07, 6.45) is 1.21. The van der Waals surface area contributed by atoms with E-state index in [1.165, 1.54) is 0 Å². The highest BCUT2D eigenvalue weighted by atomic mass is 16.1. The van der Waals surface area contributed by atoms with Crippen LogP contribution in [0.2, 0.25) is 0 Å². The zero-order valence-electron chi connectivity index (χ0n) is 7.13. The molecule has 0 aliphatic heterocycles. The van der Waals surface area contributed by atoms with E-state index in [0.717, 1.165) is 12.1 Å². The number of nitrogens with two attached hydrogens (primary N) is 1. The summed E-state index contributed by atoms with van der Waals surface area (Å²) in [7, 11) is 0. The predicted octanol–water partition coefficient (Wildman–Crippen LogP) is 0.640. The SMILES string of the molecule is Cc1cc(C(=O)CCCN)n[nH]1. The minimum absolute atomic E-state index is 0.0600. The van der Waals surface area contributed by atoms with Crippen LogP contribution >= 0.6 is 0 Å². The summed E-state index contributed by atoms with van der Waals surface area (Å²) in [6.45, 7) is 2.42. The highest BCUT2D eigenvalue weighted by Crippen LogP contribution is 2.02. The number of carbonyl (C=O) groups is 1. The molecule has 3 N–H and O–H groups in total. The van der Waals surface area contributed by atoms with Crippen LogP contribution in [0.5, 0.6) is 0 Å². The van der Waals surface area contributed by atoms with E-state index < -0.39 is 0 Å². The molecular formula is C8H13N3O. The van der Waals surface area contributed by atoms with Crippen molar-refractivity contribution in [1.29, 1.82) is 0 Å². The molecular weight excluding hydrogens is 154 g/mol. The number of aromatic amines is 1. The van der Waals surface area contributed by atoms with E-state index in [0.29, 0.717) is 18.7 Å². The van der Waals surface area contributed by atoms with Gasteiger partial charge in [-0.3, -0.25) is 9.89 Å². The van der Waals surface area contributed by atoms with Gasteiger partial charge >= 0.3 is 0 Å². The summed E-state index contributed by atoms with van der Waals surface area (Å²) < 4.78 is 0. The van der Waals surface area contributed by atoms with Gasteiger partial charge in [0, 0.05) is 12.1 Å². The molecule has 0 bridgehead atoms. The van der Waals surface area contributed by atoms with Crippen LogP contribution in [0.15, 0.2) is 6.07 Å². The van der Waals surface area contributed by atoms with Gasteiger partial charge in [-0.1, -0.05) is 0 Å². The van der Waals surface area contributed by atoms with Crippen LogP contribution in [0, 0.1) is 6.92 Å². The van der Waals surface area contributed by atoms with Crippen LogP contribution in [0.1, 0.15) is 29.0 Å². The fraction of sp³-hybridized carbons (Fsp3) is 0.500. The molecule has 0 unspecified atom stereocenters. The molecule has 66 valence electrons. The maximum absolute atomic E-state index is 11.3. The Labute approximate surface area is 71.2 Å². The third-order valence-corrected chi connectivity index (χ3v) is 1.60. The van der Waals surface area contributed by atoms with Gasteiger partial charge in [0.1, 0.15) is 5.69 Å². The number of hydrogen-bond acceptors (Lipinski definition) is 3. The highest BCUT2D eigenvalue weighted by Gasteiger charge is 2.07. The number of aryl methyl sites for hydroxylation is 1. The molecule has 0 aliphatic rings. The van der Waals surface area contributed by atoms with Gasteiger partial charge in [0.05, 0.1) is 0 Å². The van der Waals surface area contributed by atoms with Crippen molar-refractivity contribution >= 4 is 5.78 Å². The lowest BCUT2D eigenvalue weighted by Crippen LogP contribution is -2.05. The van der Waals surface area contributed by atoms with Crippen LogP contribution in [-0.2, 0) is 0 Å². The zero-order chi connectivity index (χ0) is 8.97. The van der Waals surface area contributed by atoms with Gasteiger partial charge < -0.3 is 5.73 Å². The first-order chi connectivity index (χ1) is 5.74. The summed E-state index contributed by atoms with van der Waals surface area (Å²) in [6, 6.07) is 1.75. The Bertz CT molecular complexity index is 267. The Morgan fingerprint density at radius 3 is 3.00 bits per heavy atom. The van der Waals surface area contributed by atoms with Crippen LogP contribution < -0.4 is 5.73 Å². The van der Waals surface area contributed by atoms with Crippen LogP contribution in [0.4, 0.5) is 0 Å². The van der Waals surface area contributed by atoms with Gasteiger partial charge in [-0.15, -0.1) is 0 Å². The van der Waals surface area contributed by atoms with Crippen LogP contribution in [-0.4, -0.2) is 22.5 Å². The molecule has 0 saturated carbocycles. The van der Waals surface area contributed by atoms with Crippen molar-refractivity contribution in [1.82, 2.24) is 10.2 Å². The number of H-pyrrole nitrogens is 1. The first-order valence-corrected chi connectivity index (χ1v) is 3.99. The molecule has 1 aromatic heterocycles. The minimum Gasteiger partial charge on any atom is -0.330 e. The zero-order valence-corrected chi connectivity index (χ0v) is 7.13. The number of carbonyl (C=O) groups excluding carboxylic acids is 1. The molecule has 0 radical (unpaired) electrons. The summed E-state index contributed by atoms with van der Waals surface area (Å²) in [4.78, 5) is 11.3. The van der Waals surface area contributed by atoms with E-state index in [-0.39, 0.29) is 5.78 Å². The summed E-state index contributed by atoms with van der Waals surface area (Å²) in [5.74, 6) is 0.0600. The van der Waals surface area contributed by atoms with Crippen molar-refractivity contribution < 1.29 is 4.79 Å². The van der Waals surface area contributed by atoms with E-state index in [9.17, 15) is 4.79 Å². The van der Waals surface area contributed by atoms with Crippen LogP contribution in [0.25, 0.3) is 0 Å². The van der Waals surface area contributed by atoms with Gasteiger partial charge in [-0.2, -0.15) is 5.10 Å². The average molecular weight is 167 g/mol. The van der Waals surface area contributed by atoms with Crippen molar-refractivity contribution in [2.45, 2.75) is 19.8 Å². The fourth-order valence-electron chi connectivity index (χ4n) is 0.952. The third kappa shape index (κ3) is 2.17. The fourth-order valence-corrected chi connectivity index (χ4v) is 0.952. The topological polar surface area (TPSA) is 71.8 Å². The molecule has 0 atom stereocenters. The Morgan fingerprint density at radius 1 is 1.75 bits per heavy atom. The number of nitrogens with one attached hydrogen (secondary N) is 1. The average Bonchev–Trinajstić information content (AvgIpc) is 2.47. The van der Waals surface area contributed by atoms with E-state index in [1.807, 2.05) is 6.92 Å². The summed E-state index contributed by atoms with van der Waals surface area (Å²) in [5, 5.41) is 6.58. The molecule has 0 amide bonds. The van der Waals surface area contributed by atoms with Crippen molar-refractivity contribution in [3.8, 4) is 0 Å². The maximum Gasteiger partial charge on any atom is 0.183 e. The van der Waals surface area contributed by atoms with Gasteiger partial charge in [0.15, 0.2) is 5.78 Å². The molecule has 1 heterocycles. The van der Waals surface area contributed by atoms with Gasteiger partial charge in [0.2, 0.25) is 0 Å². The first kappa shape index (κ1) is 8.93. The van der Waals surface area contributed by atoms with Crippen molar-refractivity contribution in [3.63, 3.8) is 0 Å². The quantitative estimate of drug-likeness (QED) is 0.646. The lowest BCUT2D eigenvalue weighted by Gasteiger charge is -1.92. The number of hydrogen-bond donors (Lipinski definition) is 2. The number of Topliss-reactive ketones (excluding diaryl/α,β-unsaturated/α-hetero) is 1. The Balaban J connectivity index is 2.53. The van der Waals surface area contributed by atoms with E-state index in [4.69, 9.17) is 5.73 Å². The van der Waals surface area contributed by atoms with Crippen LogP contribution in [0.3, 0.4) is 0 Å². The molecule has 4 nitrogen and oxygen atoms in total. The van der Waals surface area contributed by atoms with Crippen molar-refractivity contribution in [2.24, 2.45) is 5.73 Å². The number of aromatic nitrogens is 2. The second-order valence-corrected chi connectivity index (χ2v) is 2.75. The van der Waals surface area contributed by atoms with E-state index >= 15 is 0 Å². The summed E-state index contributed by atoms with van der Waals surface area (Å²) in [5.41, 5.74) is 6.70.